The van der Waals surface area contributed by atoms with Gasteiger partial charge in [0.1, 0.15) is 11.0 Å². The zero-order valence-corrected chi connectivity index (χ0v) is 9.80. The summed E-state index contributed by atoms with van der Waals surface area (Å²) in [7, 11) is 1.96. The van der Waals surface area contributed by atoms with Gasteiger partial charge in [-0.3, -0.25) is 4.90 Å². The molecule has 1 aromatic heterocycles. The highest BCUT2D eigenvalue weighted by Gasteiger charge is 2.12. The highest BCUT2D eigenvalue weighted by Crippen LogP contribution is 2.11. The monoisotopic (exact) mass is 228 g/mol. The molecule has 2 rings (SSSR count). The molecule has 0 aromatic carbocycles. The molecule has 1 saturated heterocycles. The Morgan fingerprint density at radius 3 is 3.07 bits per heavy atom. The summed E-state index contributed by atoms with van der Waals surface area (Å²) in [6.07, 6.45) is 2.92. The SMILES string of the molecule is Cn1c(Cl)cnc1CN1CCCNCC1. The third-order valence-corrected chi connectivity index (χ3v) is 3.18. The van der Waals surface area contributed by atoms with E-state index in [2.05, 4.69) is 15.2 Å². The summed E-state index contributed by atoms with van der Waals surface area (Å²) in [5, 5.41) is 4.09. The normalized spacial score (nSPS) is 19.1. The minimum absolute atomic E-state index is 0.706. The van der Waals surface area contributed by atoms with E-state index in [4.69, 9.17) is 11.6 Å². The number of halogens is 1. The average molecular weight is 229 g/mol. The maximum Gasteiger partial charge on any atom is 0.128 e. The summed E-state index contributed by atoms with van der Waals surface area (Å²) in [5.41, 5.74) is 0. The molecule has 0 spiro atoms. The van der Waals surface area contributed by atoms with Crippen molar-refractivity contribution in [1.82, 2.24) is 19.8 Å². The van der Waals surface area contributed by atoms with Gasteiger partial charge in [-0.25, -0.2) is 4.98 Å². The van der Waals surface area contributed by atoms with E-state index in [9.17, 15) is 0 Å². The molecule has 0 aliphatic carbocycles. The number of hydrogen-bond acceptors (Lipinski definition) is 3. The number of hydrogen-bond donors (Lipinski definition) is 1. The predicted octanol–water partition coefficient (Wildman–Crippen LogP) is 0.869. The van der Waals surface area contributed by atoms with E-state index in [1.807, 2.05) is 11.6 Å². The quantitative estimate of drug-likeness (QED) is 0.816. The van der Waals surface area contributed by atoms with Crippen molar-refractivity contribution in [3.8, 4) is 0 Å². The maximum atomic E-state index is 5.95. The van der Waals surface area contributed by atoms with Gasteiger partial charge in [0.15, 0.2) is 0 Å². The largest absolute Gasteiger partial charge is 0.321 e. The molecule has 0 atom stereocenters. The van der Waals surface area contributed by atoms with Crippen LogP contribution in [0.15, 0.2) is 6.20 Å². The minimum atomic E-state index is 0.706. The number of nitrogens with zero attached hydrogens (tertiary/aromatic N) is 3. The fraction of sp³-hybridized carbons (Fsp3) is 0.700. The van der Waals surface area contributed by atoms with Crippen molar-refractivity contribution in [3.63, 3.8) is 0 Å². The average Bonchev–Trinajstić information content (AvgIpc) is 2.50. The molecule has 1 aliphatic heterocycles. The Kier molecular flexibility index (Phi) is 3.61. The van der Waals surface area contributed by atoms with Gasteiger partial charge in [-0.05, 0) is 19.5 Å². The molecule has 1 aliphatic rings. The van der Waals surface area contributed by atoms with E-state index >= 15 is 0 Å². The Bertz CT molecular complexity index is 315. The van der Waals surface area contributed by atoms with Crippen LogP contribution in [0.3, 0.4) is 0 Å². The first-order valence-electron chi connectivity index (χ1n) is 5.36. The van der Waals surface area contributed by atoms with Crippen molar-refractivity contribution in [2.75, 3.05) is 26.2 Å². The fourth-order valence-electron chi connectivity index (χ4n) is 1.83. The first-order valence-corrected chi connectivity index (χ1v) is 5.74. The molecule has 1 N–H and O–H groups in total. The summed E-state index contributed by atoms with van der Waals surface area (Å²) in [6.45, 7) is 5.31. The van der Waals surface area contributed by atoms with Crippen LogP contribution in [-0.2, 0) is 13.6 Å². The molecular weight excluding hydrogens is 212 g/mol. The van der Waals surface area contributed by atoms with Crippen LogP contribution in [0.2, 0.25) is 5.15 Å². The predicted molar refractivity (Wildman–Crippen MR) is 61.0 cm³/mol. The number of nitrogens with one attached hydrogen (secondary N) is 1. The fourth-order valence-corrected chi connectivity index (χ4v) is 1.98. The third kappa shape index (κ3) is 2.71. The van der Waals surface area contributed by atoms with Crippen molar-refractivity contribution in [2.24, 2.45) is 7.05 Å². The Morgan fingerprint density at radius 2 is 2.33 bits per heavy atom. The van der Waals surface area contributed by atoms with Crippen molar-refractivity contribution in [2.45, 2.75) is 13.0 Å². The lowest BCUT2D eigenvalue weighted by Gasteiger charge is -2.18. The summed E-state index contributed by atoms with van der Waals surface area (Å²) in [5.74, 6) is 1.04. The second-order valence-corrected chi connectivity index (χ2v) is 4.32. The van der Waals surface area contributed by atoms with Crippen LogP contribution in [0.5, 0.6) is 0 Å². The van der Waals surface area contributed by atoms with Crippen LogP contribution >= 0.6 is 11.6 Å². The first-order chi connectivity index (χ1) is 7.27. The molecule has 84 valence electrons. The minimum Gasteiger partial charge on any atom is -0.321 e. The smallest absolute Gasteiger partial charge is 0.128 e. The van der Waals surface area contributed by atoms with Gasteiger partial charge >= 0.3 is 0 Å². The summed E-state index contributed by atoms with van der Waals surface area (Å²) in [4.78, 5) is 6.72. The topological polar surface area (TPSA) is 33.1 Å². The van der Waals surface area contributed by atoms with Gasteiger partial charge in [0.05, 0.1) is 12.7 Å². The van der Waals surface area contributed by atoms with E-state index in [0.29, 0.717) is 5.15 Å². The van der Waals surface area contributed by atoms with Gasteiger partial charge in [0, 0.05) is 20.1 Å². The molecule has 5 heteroatoms. The highest BCUT2D eigenvalue weighted by atomic mass is 35.5. The molecule has 1 aromatic rings. The van der Waals surface area contributed by atoms with E-state index in [1.165, 1.54) is 6.42 Å². The highest BCUT2D eigenvalue weighted by molar-refractivity contribution is 6.29. The number of imidazole rings is 1. The second-order valence-electron chi connectivity index (χ2n) is 3.94. The van der Waals surface area contributed by atoms with Gasteiger partial charge in [0.2, 0.25) is 0 Å². The van der Waals surface area contributed by atoms with Crippen molar-refractivity contribution >= 4 is 11.6 Å². The second kappa shape index (κ2) is 4.96. The van der Waals surface area contributed by atoms with Crippen LogP contribution in [0.25, 0.3) is 0 Å². The van der Waals surface area contributed by atoms with Crippen molar-refractivity contribution in [1.29, 1.82) is 0 Å². The van der Waals surface area contributed by atoms with Crippen LogP contribution in [0.1, 0.15) is 12.2 Å². The molecule has 2 heterocycles. The molecule has 0 unspecified atom stereocenters. The maximum absolute atomic E-state index is 5.95. The molecule has 0 radical (unpaired) electrons. The Hall–Kier alpha value is -0.580. The van der Waals surface area contributed by atoms with Crippen LogP contribution < -0.4 is 5.32 Å². The Balaban J connectivity index is 1.98. The van der Waals surface area contributed by atoms with Crippen molar-refractivity contribution in [3.05, 3.63) is 17.2 Å². The summed E-state index contributed by atoms with van der Waals surface area (Å²) < 4.78 is 1.94. The molecule has 0 saturated carbocycles. The zero-order valence-electron chi connectivity index (χ0n) is 9.04. The Labute approximate surface area is 95.2 Å². The molecule has 15 heavy (non-hydrogen) atoms. The summed E-state index contributed by atoms with van der Waals surface area (Å²) >= 11 is 5.95. The lowest BCUT2D eigenvalue weighted by molar-refractivity contribution is 0.274. The molecular formula is C10H17ClN4. The van der Waals surface area contributed by atoms with Gasteiger partial charge in [0.25, 0.3) is 0 Å². The zero-order chi connectivity index (χ0) is 10.7. The van der Waals surface area contributed by atoms with E-state index in [-0.39, 0.29) is 0 Å². The standard InChI is InChI=1S/C10H17ClN4/c1-14-9(11)7-13-10(14)8-15-5-2-3-12-4-6-15/h7,12H,2-6,8H2,1H3. The van der Waals surface area contributed by atoms with Gasteiger partial charge in [-0.1, -0.05) is 11.6 Å². The number of aromatic nitrogens is 2. The first kappa shape index (κ1) is 10.9. The van der Waals surface area contributed by atoms with Crippen LogP contribution in [-0.4, -0.2) is 40.6 Å². The third-order valence-electron chi connectivity index (χ3n) is 2.83. The van der Waals surface area contributed by atoms with Gasteiger partial charge < -0.3 is 9.88 Å². The van der Waals surface area contributed by atoms with Gasteiger partial charge in [-0.2, -0.15) is 0 Å². The molecule has 0 amide bonds. The number of rotatable bonds is 2. The summed E-state index contributed by atoms with van der Waals surface area (Å²) in [6, 6.07) is 0. The van der Waals surface area contributed by atoms with E-state index in [1.54, 1.807) is 6.20 Å². The van der Waals surface area contributed by atoms with Crippen molar-refractivity contribution < 1.29 is 0 Å². The molecule has 0 bridgehead atoms. The van der Waals surface area contributed by atoms with E-state index in [0.717, 1.165) is 38.5 Å². The van der Waals surface area contributed by atoms with E-state index < -0.39 is 0 Å². The lowest BCUT2D eigenvalue weighted by atomic mass is 10.4. The van der Waals surface area contributed by atoms with Crippen LogP contribution in [0.4, 0.5) is 0 Å². The molecule has 1 fully saturated rings. The lowest BCUT2D eigenvalue weighted by Crippen LogP contribution is -2.28. The Morgan fingerprint density at radius 1 is 1.47 bits per heavy atom. The molecule has 4 nitrogen and oxygen atoms in total. The van der Waals surface area contributed by atoms with Gasteiger partial charge in [-0.15, -0.1) is 0 Å². The van der Waals surface area contributed by atoms with Crippen LogP contribution in [0, 0.1) is 0 Å².